The Morgan fingerprint density at radius 2 is 1.92 bits per heavy atom. The van der Waals surface area contributed by atoms with E-state index in [9.17, 15) is 9.59 Å². The lowest BCUT2D eigenvalue weighted by Gasteiger charge is -2.41. The van der Waals surface area contributed by atoms with Crippen LogP contribution in [0.4, 0.5) is 4.79 Å². The quantitative estimate of drug-likeness (QED) is 0.812. The third-order valence-corrected chi connectivity index (χ3v) is 5.07. The number of carbonyl (C=O) groups is 2. The summed E-state index contributed by atoms with van der Waals surface area (Å²) in [7, 11) is 0. The van der Waals surface area contributed by atoms with Crippen molar-refractivity contribution in [1.82, 2.24) is 20.0 Å². The summed E-state index contributed by atoms with van der Waals surface area (Å²) in [6.07, 6.45) is 1.53. The molecule has 0 aliphatic carbocycles. The van der Waals surface area contributed by atoms with E-state index in [1.807, 2.05) is 20.8 Å². The monoisotopic (exact) mass is 338 g/mol. The Morgan fingerprint density at radius 1 is 1.12 bits per heavy atom. The van der Waals surface area contributed by atoms with Crippen LogP contribution >= 0.6 is 0 Å². The number of ether oxygens (including phenoxy) is 1. The number of likely N-dealkylation sites (tertiary alicyclic amines) is 1. The molecular weight excluding hydrogens is 308 g/mol. The smallest absolute Gasteiger partial charge is 0.410 e. The van der Waals surface area contributed by atoms with Crippen LogP contribution in [0.3, 0.4) is 0 Å². The van der Waals surface area contributed by atoms with Crippen LogP contribution < -0.4 is 5.32 Å². The Morgan fingerprint density at radius 3 is 2.58 bits per heavy atom. The molecule has 4 aliphatic heterocycles. The van der Waals surface area contributed by atoms with Crippen molar-refractivity contribution in [3.8, 4) is 0 Å². The molecule has 24 heavy (non-hydrogen) atoms. The lowest BCUT2D eigenvalue weighted by Crippen LogP contribution is -2.61. The number of nitrogens with one attached hydrogen (secondary N) is 1. The highest BCUT2D eigenvalue weighted by molar-refractivity contribution is 5.87. The SMILES string of the molecule is CC(C)(C)OC(=O)N1CC[C@@H]1C(=O)NCC1CN2CCCN1CC2. The molecule has 7 nitrogen and oxygen atoms in total. The van der Waals surface area contributed by atoms with Crippen LogP contribution in [-0.4, -0.2) is 90.2 Å². The van der Waals surface area contributed by atoms with E-state index >= 15 is 0 Å². The fourth-order valence-electron chi connectivity index (χ4n) is 3.68. The molecule has 136 valence electrons. The van der Waals surface area contributed by atoms with Crippen molar-refractivity contribution in [2.45, 2.75) is 51.3 Å². The Bertz CT molecular complexity index is 487. The first-order valence-corrected chi connectivity index (χ1v) is 9.07. The molecule has 7 heteroatoms. The minimum absolute atomic E-state index is 0.0524. The summed E-state index contributed by atoms with van der Waals surface area (Å²) in [6.45, 7) is 12.3. The van der Waals surface area contributed by atoms with Crippen molar-refractivity contribution in [2.75, 3.05) is 45.8 Å². The second-order valence-electron chi connectivity index (χ2n) is 8.07. The largest absolute Gasteiger partial charge is 0.444 e. The van der Waals surface area contributed by atoms with Gasteiger partial charge in [0.05, 0.1) is 0 Å². The van der Waals surface area contributed by atoms with E-state index in [0.717, 1.165) is 32.7 Å². The summed E-state index contributed by atoms with van der Waals surface area (Å²) in [5.74, 6) is -0.0524. The van der Waals surface area contributed by atoms with E-state index in [0.29, 0.717) is 25.6 Å². The number of fused-ring (bicyclic) bond motifs is 4. The van der Waals surface area contributed by atoms with E-state index in [-0.39, 0.29) is 11.9 Å². The van der Waals surface area contributed by atoms with Gasteiger partial charge in [0, 0.05) is 38.8 Å². The van der Waals surface area contributed by atoms with E-state index < -0.39 is 11.7 Å². The zero-order valence-corrected chi connectivity index (χ0v) is 15.1. The maximum Gasteiger partial charge on any atom is 0.410 e. The second-order valence-corrected chi connectivity index (χ2v) is 8.07. The maximum absolute atomic E-state index is 12.4. The number of nitrogens with zero attached hydrogens (tertiary/aromatic N) is 3. The number of hydrogen-bond acceptors (Lipinski definition) is 5. The molecule has 0 aromatic heterocycles. The first-order valence-electron chi connectivity index (χ1n) is 9.07. The third kappa shape index (κ3) is 4.00. The fourth-order valence-corrected chi connectivity index (χ4v) is 3.68. The van der Waals surface area contributed by atoms with Crippen LogP contribution in [0.5, 0.6) is 0 Å². The molecule has 3 unspecified atom stereocenters. The number of hydrogen-bond donors (Lipinski definition) is 1. The minimum atomic E-state index is -0.533. The van der Waals surface area contributed by atoms with Gasteiger partial charge in [0.15, 0.2) is 0 Å². The van der Waals surface area contributed by atoms with Crippen LogP contribution in [-0.2, 0) is 9.53 Å². The lowest BCUT2D eigenvalue weighted by molar-refractivity contribution is -0.130. The zero-order valence-electron chi connectivity index (χ0n) is 15.1. The molecule has 0 spiro atoms. The molecule has 0 radical (unpaired) electrons. The van der Waals surface area contributed by atoms with Gasteiger partial charge in [-0.05, 0) is 46.7 Å². The number of piperazine rings is 1. The van der Waals surface area contributed by atoms with Gasteiger partial charge in [0.25, 0.3) is 0 Å². The van der Waals surface area contributed by atoms with Crippen molar-refractivity contribution in [3.63, 3.8) is 0 Å². The molecule has 4 saturated heterocycles. The van der Waals surface area contributed by atoms with E-state index in [1.54, 1.807) is 0 Å². The molecule has 0 aromatic rings. The molecule has 0 saturated carbocycles. The predicted molar refractivity (Wildman–Crippen MR) is 90.8 cm³/mol. The predicted octanol–water partition coefficient (Wildman–Crippen LogP) is 0.502. The average Bonchev–Trinajstić information content (AvgIpc) is 2.76. The van der Waals surface area contributed by atoms with Crippen LogP contribution in [0.1, 0.15) is 33.6 Å². The number of carbonyl (C=O) groups excluding carboxylic acids is 2. The molecular formula is C17H30N4O3. The van der Waals surface area contributed by atoms with E-state index in [1.165, 1.54) is 11.3 Å². The van der Waals surface area contributed by atoms with Crippen molar-refractivity contribution in [2.24, 2.45) is 0 Å². The topological polar surface area (TPSA) is 65.1 Å². The first kappa shape index (κ1) is 17.5. The first-order chi connectivity index (χ1) is 11.3. The summed E-state index contributed by atoms with van der Waals surface area (Å²) < 4.78 is 5.37. The van der Waals surface area contributed by atoms with Gasteiger partial charge in [0.1, 0.15) is 11.6 Å². The van der Waals surface area contributed by atoms with Gasteiger partial charge < -0.3 is 15.0 Å². The summed E-state index contributed by atoms with van der Waals surface area (Å²) in [5, 5.41) is 3.06. The molecule has 4 rings (SSSR count). The third-order valence-electron chi connectivity index (χ3n) is 5.07. The highest BCUT2D eigenvalue weighted by Crippen LogP contribution is 2.21. The Balaban J connectivity index is 1.48. The number of amides is 2. The highest BCUT2D eigenvalue weighted by Gasteiger charge is 2.40. The number of rotatable bonds is 3. The van der Waals surface area contributed by atoms with Crippen molar-refractivity contribution >= 4 is 12.0 Å². The van der Waals surface area contributed by atoms with Crippen LogP contribution in [0.15, 0.2) is 0 Å². The van der Waals surface area contributed by atoms with E-state index in [4.69, 9.17) is 4.74 Å². The molecule has 4 aliphatic rings. The minimum Gasteiger partial charge on any atom is -0.444 e. The van der Waals surface area contributed by atoms with Crippen molar-refractivity contribution in [1.29, 1.82) is 0 Å². The van der Waals surface area contributed by atoms with E-state index in [2.05, 4.69) is 15.1 Å². The molecule has 1 N–H and O–H groups in total. The molecule has 4 atom stereocenters. The zero-order chi connectivity index (χ0) is 17.3. The van der Waals surface area contributed by atoms with Gasteiger partial charge in [0.2, 0.25) is 5.91 Å². The van der Waals surface area contributed by atoms with Crippen molar-refractivity contribution in [3.05, 3.63) is 0 Å². The van der Waals surface area contributed by atoms with Crippen LogP contribution in [0.25, 0.3) is 0 Å². The van der Waals surface area contributed by atoms with Gasteiger partial charge in [-0.25, -0.2) is 4.79 Å². The summed E-state index contributed by atoms with van der Waals surface area (Å²) in [5.41, 5.74) is -0.533. The Kier molecular flexibility index (Phi) is 5.01. The molecule has 0 aromatic carbocycles. The summed E-state index contributed by atoms with van der Waals surface area (Å²) in [6, 6.07) is 0.0124. The van der Waals surface area contributed by atoms with Gasteiger partial charge in [-0.2, -0.15) is 0 Å². The molecule has 4 fully saturated rings. The Labute approximate surface area is 144 Å². The van der Waals surface area contributed by atoms with Gasteiger partial charge in [-0.1, -0.05) is 0 Å². The van der Waals surface area contributed by atoms with Gasteiger partial charge in [-0.3, -0.25) is 14.6 Å². The second kappa shape index (κ2) is 6.88. The maximum atomic E-state index is 12.4. The van der Waals surface area contributed by atoms with Crippen molar-refractivity contribution < 1.29 is 14.3 Å². The van der Waals surface area contributed by atoms with Crippen LogP contribution in [0, 0.1) is 0 Å². The standard InChI is InChI=1S/C17H30N4O3/c1-17(2,3)24-16(23)21-8-5-14(21)15(22)18-11-13-12-19-6-4-7-20(13)10-9-19/h13-14H,4-12H2,1-3H3,(H,18,22)/t13?,14-/m1/s1. The van der Waals surface area contributed by atoms with Gasteiger partial charge >= 0.3 is 6.09 Å². The average molecular weight is 338 g/mol. The highest BCUT2D eigenvalue weighted by atomic mass is 16.6. The Hall–Kier alpha value is -1.34. The van der Waals surface area contributed by atoms with Gasteiger partial charge in [-0.15, -0.1) is 0 Å². The summed E-state index contributed by atoms with van der Waals surface area (Å²) in [4.78, 5) is 31.1. The molecule has 4 heterocycles. The normalized spacial score (nSPS) is 32.7. The fraction of sp³-hybridized carbons (Fsp3) is 0.882. The molecule has 2 bridgehead atoms. The summed E-state index contributed by atoms with van der Waals surface area (Å²) >= 11 is 0. The molecule has 2 amide bonds. The van der Waals surface area contributed by atoms with Crippen LogP contribution in [0.2, 0.25) is 0 Å². The lowest BCUT2D eigenvalue weighted by atomic mass is 10.0.